The molecule has 2 saturated heterocycles. The molecule has 0 bridgehead atoms. The molecule has 0 aliphatic carbocycles. The molecular weight excluding hydrogens is 390 g/mol. The van der Waals surface area contributed by atoms with Crippen molar-refractivity contribution < 1.29 is 22.8 Å². The average Bonchev–Trinajstić information content (AvgIpc) is 3.07. The number of amides is 1. The first-order chi connectivity index (χ1) is 13.8. The molecule has 1 aromatic carbocycles. The van der Waals surface area contributed by atoms with Crippen LogP contribution >= 0.6 is 0 Å². The van der Waals surface area contributed by atoms with Crippen molar-refractivity contribution in [2.45, 2.75) is 38.8 Å². The number of piperazine rings is 1. The minimum absolute atomic E-state index is 0.0678. The van der Waals surface area contributed by atoms with Crippen LogP contribution in [0.5, 0.6) is 5.75 Å². The number of nitrogens with zero attached hydrogens (tertiary/aromatic N) is 2. The lowest BCUT2D eigenvalue weighted by Crippen LogP contribution is -3.16. The van der Waals surface area contributed by atoms with Crippen molar-refractivity contribution in [2.75, 3.05) is 56.2 Å². The number of carbonyl (C=O) groups excluding carboxylic acids is 1. The number of methoxy groups -OCH3 is 1. The van der Waals surface area contributed by atoms with Crippen molar-refractivity contribution in [3.63, 3.8) is 0 Å². The van der Waals surface area contributed by atoms with Crippen LogP contribution in [0, 0.1) is 0 Å². The van der Waals surface area contributed by atoms with Crippen LogP contribution in [0.4, 0.5) is 5.69 Å². The number of carbonyl (C=O) groups is 1. The molecule has 0 saturated carbocycles. The average molecular weight is 425 g/mol. The van der Waals surface area contributed by atoms with E-state index in [0.29, 0.717) is 13.0 Å². The van der Waals surface area contributed by atoms with Gasteiger partial charge in [-0.1, -0.05) is 13.0 Å². The van der Waals surface area contributed by atoms with Crippen molar-refractivity contribution >= 4 is 21.4 Å². The van der Waals surface area contributed by atoms with Crippen molar-refractivity contribution in [3.05, 3.63) is 24.3 Å². The molecule has 2 aliphatic heterocycles. The number of hydrogen-bond acceptors (Lipinski definition) is 5. The highest BCUT2D eigenvalue weighted by Gasteiger charge is 2.38. The highest BCUT2D eigenvalue weighted by atomic mass is 32.2. The van der Waals surface area contributed by atoms with E-state index in [1.807, 2.05) is 36.9 Å². The van der Waals surface area contributed by atoms with E-state index in [1.54, 1.807) is 7.11 Å². The van der Waals surface area contributed by atoms with Gasteiger partial charge < -0.3 is 19.4 Å². The van der Waals surface area contributed by atoms with Crippen molar-refractivity contribution in [2.24, 2.45) is 0 Å². The van der Waals surface area contributed by atoms with E-state index in [-0.39, 0.29) is 29.5 Å². The van der Waals surface area contributed by atoms with Crippen molar-refractivity contribution in [1.29, 1.82) is 0 Å². The second-order valence-corrected chi connectivity index (χ2v) is 10.5. The first kappa shape index (κ1) is 21.9. The number of nitrogens with one attached hydrogen (secondary N) is 1. The first-order valence-electron chi connectivity index (χ1n) is 10.6. The molecule has 8 heteroatoms. The van der Waals surface area contributed by atoms with Crippen LogP contribution in [0.15, 0.2) is 24.3 Å². The highest BCUT2D eigenvalue weighted by molar-refractivity contribution is 7.91. The fourth-order valence-corrected chi connectivity index (χ4v) is 6.08. The Kier molecular flexibility index (Phi) is 7.05. The number of hydrogen-bond donors (Lipinski definition) is 1. The number of rotatable bonds is 7. The molecule has 0 spiro atoms. The SMILES string of the molecule is CC[C@@H](C)N(C(=O)C[NH+]1CCN(c2cccc(OC)c2)CC1)[C@@H]1CCS(=O)(=O)C1. The molecule has 0 radical (unpaired) electrons. The van der Waals surface area contributed by atoms with Crippen LogP contribution in [0.25, 0.3) is 0 Å². The van der Waals surface area contributed by atoms with Gasteiger partial charge in [-0.25, -0.2) is 8.42 Å². The molecule has 29 heavy (non-hydrogen) atoms. The van der Waals surface area contributed by atoms with Crippen molar-refractivity contribution in [3.8, 4) is 5.75 Å². The Morgan fingerprint density at radius 3 is 2.66 bits per heavy atom. The van der Waals surface area contributed by atoms with Gasteiger partial charge >= 0.3 is 0 Å². The quantitative estimate of drug-likeness (QED) is 0.678. The molecule has 2 fully saturated rings. The zero-order chi connectivity index (χ0) is 21.0. The van der Waals surface area contributed by atoms with E-state index < -0.39 is 9.84 Å². The minimum atomic E-state index is -3.01. The van der Waals surface area contributed by atoms with Crippen LogP contribution in [0.2, 0.25) is 0 Å². The maximum Gasteiger partial charge on any atom is 0.278 e. The normalized spacial score (nSPS) is 23.0. The van der Waals surface area contributed by atoms with Gasteiger partial charge in [0.05, 0.1) is 44.8 Å². The molecule has 2 atom stereocenters. The van der Waals surface area contributed by atoms with Crippen LogP contribution in [-0.4, -0.2) is 82.6 Å². The number of quaternary nitrogens is 1. The molecule has 1 N–H and O–H groups in total. The topological polar surface area (TPSA) is 71.4 Å². The van der Waals surface area contributed by atoms with E-state index in [2.05, 4.69) is 11.0 Å². The summed E-state index contributed by atoms with van der Waals surface area (Å²) in [5.41, 5.74) is 1.15. The van der Waals surface area contributed by atoms with Gasteiger partial charge in [0.1, 0.15) is 5.75 Å². The van der Waals surface area contributed by atoms with E-state index in [0.717, 1.165) is 44.0 Å². The van der Waals surface area contributed by atoms with E-state index in [4.69, 9.17) is 4.74 Å². The molecule has 3 rings (SSSR count). The summed E-state index contributed by atoms with van der Waals surface area (Å²) in [6.45, 7) is 8.06. The molecule has 0 aromatic heterocycles. The molecule has 1 amide bonds. The summed E-state index contributed by atoms with van der Waals surface area (Å²) < 4.78 is 29.2. The van der Waals surface area contributed by atoms with Gasteiger partial charge in [-0.05, 0) is 31.9 Å². The Labute approximate surface area is 174 Å². The maximum absolute atomic E-state index is 13.1. The van der Waals surface area contributed by atoms with Gasteiger partial charge in [0.15, 0.2) is 16.4 Å². The predicted octanol–water partition coefficient (Wildman–Crippen LogP) is 0.214. The minimum Gasteiger partial charge on any atom is -0.497 e. The number of sulfone groups is 1. The molecule has 162 valence electrons. The summed E-state index contributed by atoms with van der Waals surface area (Å²) in [4.78, 5) is 18.6. The second kappa shape index (κ2) is 9.34. The Hall–Kier alpha value is -1.80. The molecular formula is C21H34N3O4S+. The third kappa shape index (κ3) is 5.42. The number of benzene rings is 1. The third-order valence-electron chi connectivity index (χ3n) is 6.25. The Bertz CT molecular complexity index is 806. The largest absolute Gasteiger partial charge is 0.497 e. The van der Waals surface area contributed by atoms with Gasteiger partial charge in [-0.3, -0.25) is 4.79 Å². The van der Waals surface area contributed by atoms with Gasteiger partial charge in [-0.15, -0.1) is 0 Å². The van der Waals surface area contributed by atoms with Crippen LogP contribution in [0.3, 0.4) is 0 Å². The lowest BCUT2D eigenvalue weighted by Gasteiger charge is -2.37. The summed E-state index contributed by atoms with van der Waals surface area (Å²) in [5, 5.41) is 0. The monoisotopic (exact) mass is 424 g/mol. The summed E-state index contributed by atoms with van der Waals surface area (Å²) in [6, 6.07) is 7.97. The van der Waals surface area contributed by atoms with E-state index in [1.165, 1.54) is 4.90 Å². The van der Waals surface area contributed by atoms with Crippen LogP contribution < -0.4 is 14.5 Å². The van der Waals surface area contributed by atoms with Crippen LogP contribution in [-0.2, 0) is 14.6 Å². The van der Waals surface area contributed by atoms with E-state index >= 15 is 0 Å². The zero-order valence-corrected chi connectivity index (χ0v) is 18.6. The molecule has 2 aliphatic rings. The van der Waals surface area contributed by atoms with Gasteiger partial charge in [0, 0.05) is 23.8 Å². The Morgan fingerprint density at radius 2 is 2.07 bits per heavy atom. The fourth-order valence-electron chi connectivity index (χ4n) is 4.37. The summed E-state index contributed by atoms with van der Waals surface area (Å²) in [7, 11) is -1.34. The fraction of sp³-hybridized carbons (Fsp3) is 0.667. The zero-order valence-electron chi connectivity index (χ0n) is 17.8. The molecule has 1 aromatic rings. The van der Waals surface area contributed by atoms with Gasteiger partial charge in [0.2, 0.25) is 0 Å². The number of anilines is 1. The summed E-state index contributed by atoms with van der Waals surface area (Å²) in [5.74, 6) is 1.25. The molecule has 2 heterocycles. The van der Waals surface area contributed by atoms with Gasteiger partial charge in [0.25, 0.3) is 5.91 Å². The summed E-state index contributed by atoms with van der Waals surface area (Å²) in [6.07, 6.45) is 1.40. The van der Waals surface area contributed by atoms with E-state index in [9.17, 15) is 13.2 Å². The molecule has 7 nitrogen and oxygen atoms in total. The maximum atomic E-state index is 13.1. The second-order valence-electron chi connectivity index (χ2n) is 8.23. The van der Waals surface area contributed by atoms with Crippen LogP contribution in [0.1, 0.15) is 26.7 Å². The smallest absolute Gasteiger partial charge is 0.278 e. The Morgan fingerprint density at radius 1 is 1.34 bits per heavy atom. The Balaban J connectivity index is 1.58. The summed E-state index contributed by atoms with van der Waals surface area (Å²) >= 11 is 0. The standard InChI is InChI=1S/C21H33N3O4S/c1-4-17(2)24(19-8-13-29(26,27)16-19)21(25)15-22-9-11-23(12-10-22)18-6-5-7-20(14-18)28-3/h5-7,14,17,19H,4,8-13,15-16H2,1-3H3/p+1/t17-,19-/m1/s1. The molecule has 0 unspecified atom stereocenters. The van der Waals surface area contributed by atoms with Gasteiger partial charge in [-0.2, -0.15) is 0 Å². The highest BCUT2D eigenvalue weighted by Crippen LogP contribution is 2.22. The lowest BCUT2D eigenvalue weighted by atomic mass is 10.1. The third-order valence-corrected chi connectivity index (χ3v) is 8.00. The predicted molar refractivity (Wildman–Crippen MR) is 114 cm³/mol. The lowest BCUT2D eigenvalue weighted by molar-refractivity contribution is -0.892. The number of ether oxygens (including phenoxy) is 1. The van der Waals surface area contributed by atoms with Crippen molar-refractivity contribution in [1.82, 2.24) is 4.90 Å². The first-order valence-corrected chi connectivity index (χ1v) is 12.4.